The molecule has 1 atom stereocenters. The summed E-state index contributed by atoms with van der Waals surface area (Å²) in [5, 5.41) is -0.398. The second-order valence-electron chi connectivity index (χ2n) is 4.37. The van der Waals surface area contributed by atoms with Crippen molar-refractivity contribution in [2.45, 2.75) is 19.2 Å². The van der Waals surface area contributed by atoms with Crippen LogP contribution >= 0.6 is 11.6 Å². The molecule has 1 unspecified atom stereocenters. The van der Waals surface area contributed by atoms with Gasteiger partial charge in [-0.15, -0.1) is 11.6 Å². The first-order valence-electron chi connectivity index (χ1n) is 5.65. The van der Waals surface area contributed by atoms with Gasteiger partial charge in [0.1, 0.15) is 11.6 Å². The fourth-order valence-corrected chi connectivity index (χ4v) is 2.31. The average molecular weight is 267 g/mol. The molecule has 0 nitrogen and oxygen atoms in total. The molecule has 2 aromatic carbocycles. The summed E-state index contributed by atoms with van der Waals surface area (Å²) in [6.45, 7) is 3.50. The van der Waals surface area contributed by atoms with Crippen LogP contribution in [0.1, 0.15) is 27.6 Å². The smallest absolute Gasteiger partial charge is 0.126 e. The summed E-state index contributed by atoms with van der Waals surface area (Å²) in [5.74, 6) is -0.533. The Hall–Kier alpha value is -1.41. The molecule has 0 spiro atoms. The normalized spacial score (nSPS) is 12.5. The van der Waals surface area contributed by atoms with Crippen LogP contribution in [0.15, 0.2) is 36.4 Å². The number of halogens is 3. The summed E-state index contributed by atoms with van der Waals surface area (Å²) < 4.78 is 26.2. The predicted molar refractivity (Wildman–Crippen MR) is 70.0 cm³/mol. The summed E-state index contributed by atoms with van der Waals surface area (Å²) in [7, 11) is 0. The van der Waals surface area contributed by atoms with Crippen LogP contribution in [0.3, 0.4) is 0 Å². The third-order valence-corrected chi connectivity index (χ3v) is 3.47. The molecule has 0 heterocycles. The van der Waals surface area contributed by atoms with E-state index in [0.29, 0.717) is 5.56 Å². The molecule has 0 aromatic heterocycles. The van der Waals surface area contributed by atoms with E-state index in [2.05, 4.69) is 0 Å². The minimum Gasteiger partial charge on any atom is -0.207 e. The second-order valence-corrected chi connectivity index (χ2v) is 4.81. The van der Waals surface area contributed by atoms with Gasteiger partial charge in [0.25, 0.3) is 0 Å². The first-order chi connectivity index (χ1) is 8.49. The highest BCUT2D eigenvalue weighted by molar-refractivity contribution is 6.22. The summed E-state index contributed by atoms with van der Waals surface area (Å²) in [4.78, 5) is 0. The summed E-state index contributed by atoms with van der Waals surface area (Å²) in [6.07, 6.45) is 0. The van der Waals surface area contributed by atoms with E-state index < -0.39 is 5.38 Å². The highest BCUT2D eigenvalue weighted by Gasteiger charge is 2.14. The van der Waals surface area contributed by atoms with Gasteiger partial charge >= 0.3 is 0 Å². The standard InChI is InChI=1S/C15H13ClF2/c1-9-8-12(17)4-5-13(9)15(16)11-3-6-14(18)10(2)7-11/h3-8,15H,1-2H3. The summed E-state index contributed by atoms with van der Waals surface area (Å²) >= 11 is 6.37. The van der Waals surface area contributed by atoms with Gasteiger partial charge in [-0.3, -0.25) is 0 Å². The number of benzene rings is 2. The van der Waals surface area contributed by atoms with Crippen molar-refractivity contribution in [1.82, 2.24) is 0 Å². The zero-order valence-corrected chi connectivity index (χ0v) is 10.9. The molecule has 0 fully saturated rings. The lowest BCUT2D eigenvalue weighted by molar-refractivity contribution is 0.617. The van der Waals surface area contributed by atoms with Gasteiger partial charge in [0.15, 0.2) is 0 Å². The van der Waals surface area contributed by atoms with Gasteiger partial charge < -0.3 is 0 Å². The molecule has 0 aliphatic rings. The molecule has 94 valence electrons. The molecule has 0 saturated carbocycles. The van der Waals surface area contributed by atoms with E-state index in [0.717, 1.165) is 16.7 Å². The van der Waals surface area contributed by atoms with Gasteiger partial charge in [0.05, 0.1) is 5.38 Å². The van der Waals surface area contributed by atoms with Crippen LogP contribution in [-0.4, -0.2) is 0 Å². The van der Waals surface area contributed by atoms with Crippen LogP contribution in [0.2, 0.25) is 0 Å². The largest absolute Gasteiger partial charge is 0.207 e. The van der Waals surface area contributed by atoms with E-state index >= 15 is 0 Å². The van der Waals surface area contributed by atoms with Gasteiger partial charge in [-0.25, -0.2) is 8.78 Å². The molecule has 18 heavy (non-hydrogen) atoms. The van der Waals surface area contributed by atoms with Gasteiger partial charge in [-0.2, -0.15) is 0 Å². The van der Waals surface area contributed by atoms with E-state index in [1.54, 1.807) is 25.1 Å². The van der Waals surface area contributed by atoms with Crippen molar-refractivity contribution in [3.63, 3.8) is 0 Å². The first-order valence-corrected chi connectivity index (χ1v) is 6.09. The van der Waals surface area contributed by atoms with Crippen LogP contribution in [0.25, 0.3) is 0 Å². The van der Waals surface area contributed by atoms with Crippen LogP contribution in [0.4, 0.5) is 8.78 Å². The third-order valence-electron chi connectivity index (χ3n) is 2.98. The maximum Gasteiger partial charge on any atom is 0.126 e. The van der Waals surface area contributed by atoms with Crippen molar-refractivity contribution in [3.8, 4) is 0 Å². The molecule has 0 aliphatic carbocycles. The Balaban J connectivity index is 2.41. The zero-order chi connectivity index (χ0) is 13.3. The summed E-state index contributed by atoms with van der Waals surface area (Å²) in [6, 6.07) is 9.27. The number of hydrogen-bond donors (Lipinski definition) is 0. The van der Waals surface area contributed by atoms with Crippen molar-refractivity contribution >= 4 is 11.6 Å². The molecule has 0 N–H and O–H groups in total. The van der Waals surface area contributed by atoms with Crippen molar-refractivity contribution < 1.29 is 8.78 Å². The monoisotopic (exact) mass is 266 g/mol. The van der Waals surface area contributed by atoms with Gasteiger partial charge in [0, 0.05) is 0 Å². The predicted octanol–water partition coefficient (Wildman–Crippen LogP) is 4.91. The number of rotatable bonds is 2. The molecule has 0 amide bonds. The molecule has 2 aromatic rings. The quantitative estimate of drug-likeness (QED) is 0.678. The highest BCUT2D eigenvalue weighted by atomic mass is 35.5. The molecule has 0 aliphatic heterocycles. The van der Waals surface area contributed by atoms with Crippen molar-refractivity contribution in [1.29, 1.82) is 0 Å². The fraction of sp³-hybridized carbons (Fsp3) is 0.200. The lowest BCUT2D eigenvalue weighted by Crippen LogP contribution is -1.98. The minimum atomic E-state index is -0.398. The Kier molecular flexibility index (Phi) is 3.67. The highest BCUT2D eigenvalue weighted by Crippen LogP contribution is 2.32. The molecular formula is C15H13ClF2. The Bertz CT molecular complexity index is 579. The average Bonchev–Trinajstić information content (AvgIpc) is 2.32. The Morgan fingerprint density at radius 3 is 2.28 bits per heavy atom. The number of aryl methyl sites for hydroxylation is 2. The number of hydrogen-bond acceptors (Lipinski definition) is 0. The first kappa shape index (κ1) is 13.0. The van der Waals surface area contributed by atoms with E-state index in [1.165, 1.54) is 18.2 Å². The van der Waals surface area contributed by atoms with Crippen LogP contribution in [0.5, 0.6) is 0 Å². The Morgan fingerprint density at radius 1 is 0.944 bits per heavy atom. The van der Waals surface area contributed by atoms with E-state index in [9.17, 15) is 8.78 Å². The molecule has 3 heteroatoms. The molecule has 2 rings (SSSR count). The van der Waals surface area contributed by atoms with Crippen molar-refractivity contribution in [2.24, 2.45) is 0 Å². The molecule has 0 radical (unpaired) electrons. The van der Waals surface area contributed by atoms with E-state index in [1.807, 2.05) is 6.92 Å². The lowest BCUT2D eigenvalue weighted by atomic mass is 9.98. The van der Waals surface area contributed by atoms with Crippen LogP contribution in [-0.2, 0) is 0 Å². The fourth-order valence-electron chi connectivity index (χ4n) is 1.93. The lowest BCUT2D eigenvalue weighted by Gasteiger charge is -2.14. The minimum absolute atomic E-state index is 0.251. The van der Waals surface area contributed by atoms with Gasteiger partial charge in [0.2, 0.25) is 0 Å². The molecule has 0 saturated heterocycles. The zero-order valence-electron chi connectivity index (χ0n) is 10.2. The van der Waals surface area contributed by atoms with E-state index in [-0.39, 0.29) is 11.6 Å². The maximum atomic E-state index is 13.2. The maximum absolute atomic E-state index is 13.2. The van der Waals surface area contributed by atoms with Crippen LogP contribution in [0, 0.1) is 25.5 Å². The van der Waals surface area contributed by atoms with Crippen LogP contribution < -0.4 is 0 Å². The molecule has 0 bridgehead atoms. The third kappa shape index (κ3) is 2.54. The van der Waals surface area contributed by atoms with Gasteiger partial charge in [-0.05, 0) is 54.3 Å². The Labute approximate surface area is 110 Å². The summed E-state index contributed by atoms with van der Waals surface area (Å²) in [5.41, 5.74) is 2.99. The van der Waals surface area contributed by atoms with E-state index in [4.69, 9.17) is 11.6 Å². The topological polar surface area (TPSA) is 0 Å². The van der Waals surface area contributed by atoms with Gasteiger partial charge in [-0.1, -0.05) is 18.2 Å². The number of alkyl halides is 1. The SMILES string of the molecule is Cc1cc(C(Cl)c2ccc(F)cc2C)ccc1F. The second kappa shape index (κ2) is 5.07. The molecular weight excluding hydrogens is 254 g/mol. The van der Waals surface area contributed by atoms with Crippen molar-refractivity contribution in [2.75, 3.05) is 0 Å². The van der Waals surface area contributed by atoms with Crippen molar-refractivity contribution in [3.05, 3.63) is 70.3 Å². The Morgan fingerprint density at radius 2 is 1.67 bits per heavy atom.